The second-order valence-corrected chi connectivity index (χ2v) is 4.49. The summed E-state index contributed by atoms with van der Waals surface area (Å²) in [6, 6.07) is 5.27. The van der Waals surface area contributed by atoms with Crippen molar-refractivity contribution < 1.29 is 10.2 Å². The van der Waals surface area contributed by atoms with E-state index in [1.165, 1.54) is 0 Å². The van der Waals surface area contributed by atoms with Gasteiger partial charge in [-0.3, -0.25) is 4.98 Å². The lowest BCUT2D eigenvalue weighted by atomic mass is 10.1. The molecule has 0 unspecified atom stereocenters. The summed E-state index contributed by atoms with van der Waals surface area (Å²) < 4.78 is 34.1. The Labute approximate surface area is 105 Å². The molecule has 1 aliphatic rings. The van der Waals surface area contributed by atoms with Crippen molar-refractivity contribution in [1.82, 2.24) is 9.97 Å². The van der Waals surface area contributed by atoms with Crippen LogP contribution in [0.25, 0.3) is 10.9 Å². The molecule has 1 fully saturated rings. The number of hydrogen-bond acceptors (Lipinski definition) is 3. The number of nitrogens with zero attached hydrogens (tertiary/aromatic N) is 3. The van der Waals surface area contributed by atoms with Crippen LogP contribution in [0.2, 0.25) is 0 Å². The molecule has 1 aliphatic heterocycles. The summed E-state index contributed by atoms with van der Waals surface area (Å²) in [5.74, 6) is -2.04. The first-order valence-corrected chi connectivity index (χ1v) is 5.90. The molecule has 0 saturated carbocycles. The van der Waals surface area contributed by atoms with Crippen LogP contribution in [-0.4, -0.2) is 29.0 Å². The van der Waals surface area contributed by atoms with Crippen molar-refractivity contribution in [3.8, 4) is 0 Å². The van der Waals surface area contributed by atoms with Crippen molar-refractivity contribution in [3.05, 3.63) is 30.6 Å². The molecule has 0 aliphatic carbocycles. The molecular formula is C13H13F2N3. The maximum absolute atomic E-state index is 13.2. The van der Waals surface area contributed by atoms with Gasteiger partial charge in [-0.15, -0.1) is 0 Å². The molecule has 0 amide bonds. The van der Waals surface area contributed by atoms with Crippen LogP contribution in [0.1, 0.15) is 14.2 Å². The molecule has 0 N–H and O–H groups in total. The summed E-state index contributed by atoms with van der Waals surface area (Å²) in [5.41, 5.74) is 0.670. The second-order valence-electron chi connectivity index (χ2n) is 4.49. The Hall–Kier alpha value is -1.78. The highest BCUT2D eigenvalue weighted by Crippen LogP contribution is 2.31. The van der Waals surface area contributed by atoms with Gasteiger partial charge in [-0.05, 0) is 12.1 Å². The van der Waals surface area contributed by atoms with Gasteiger partial charge in [0.25, 0.3) is 5.92 Å². The number of pyridine rings is 2. The first-order valence-electron chi connectivity index (χ1n) is 6.40. The van der Waals surface area contributed by atoms with E-state index >= 15 is 0 Å². The van der Waals surface area contributed by atoms with Crippen LogP contribution in [0.15, 0.2) is 30.6 Å². The smallest absolute Gasteiger partial charge is 0.251 e. The van der Waals surface area contributed by atoms with E-state index in [0.29, 0.717) is 11.3 Å². The summed E-state index contributed by atoms with van der Waals surface area (Å²) >= 11 is 0. The quantitative estimate of drug-likeness (QED) is 0.779. The van der Waals surface area contributed by atoms with Crippen molar-refractivity contribution >= 4 is 16.7 Å². The van der Waals surface area contributed by atoms with E-state index in [1.807, 2.05) is 6.07 Å². The Morgan fingerprint density at radius 2 is 2.00 bits per heavy atom. The van der Waals surface area contributed by atoms with Gasteiger partial charge in [0.2, 0.25) is 0 Å². The fourth-order valence-electron chi connectivity index (χ4n) is 2.20. The number of halogens is 2. The molecule has 2 aromatic rings. The topological polar surface area (TPSA) is 29.0 Å². The van der Waals surface area contributed by atoms with Crippen LogP contribution < -0.4 is 4.90 Å². The number of aromatic nitrogens is 2. The molecular weight excluding hydrogens is 236 g/mol. The van der Waals surface area contributed by atoms with Gasteiger partial charge in [-0.1, -0.05) is 6.07 Å². The Kier molecular flexibility index (Phi) is 2.35. The summed E-state index contributed by atoms with van der Waals surface area (Å²) in [6.45, 7) is 0.490. The zero-order valence-corrected chi connectivity index (χ0v) is 9.74. The molecule has 3 heterocycles. The van der Waals surface area contributed by atoms with Gasteiger partial charge in [-0.2, -0.15) is 0 Å². The highest BCUT2D eigenvalue weighted by molar-refractivity contribution is 5.88. The van der Waals surface area contributed by atoms with Crippen LogP contribution in [0.3, 0.4) is 0 Å². The van der Waals surface area contributed by atoms with Crippen molar-refractivity contribution in [1.29, 1.82) is 0 Å². The Morgan fingerprint density at radius 3 is 2.78 bits per heavy atom. The third-order valence-corrected chi connectivity index (χ3v) is 3.24. The number of hydrogen-bond donors (Lipinski definition) is 0. The monoisotopic (exact) mass is 250 g/mol. The third kappa shape index (κ3) is 2.00. The zero-order valence-electron chi connectivity index (χ0n) is 10.7. The molecule has 0 aromatic carbocycles. The van der Waals surface area contributed by atoms with Crippen LogP contribution in [0.4, 0.5) is 14.6 Å². The highest BCUT2D eigenvalue weighted by Gasteiger charge is 2.34. The normalized spacial score (nSPS) is 19.9. The maximum Gasteiger partial charge on any atom is 0.251 e. The maximum atomic E-state index is 13.2. The lowest BCUT2D eigenvalue weighted by Gasteiger charge is -2.32. The van der Waals surface area contributed by atoms with Gasteiger partial charge < -0.3 is 4.90 Å². The summed E-state index contributed by atoms with van der Waals surface area (Å²) in [4.78, 5) is 10.2. The zero-order chi connectivity index (χ0) is 13.5. The molecule has 2 aromatic heterocycles. The molecule has 0 atom stereocenters. The number of rotatable bonds is 1. The lowest BCUT2D eigenvalue weighted by Crippen LogP contribution is -2.39. The average molecular weight is 250 g/mol. The molecule has 1 saturated heterocycles. The number of alkyl halides is 2. The Morgan fingerprint density at radius 1 is 1.22 bits per heavy atom. The van der Waals surface area contributed by atoms with E-state index < -0.39 is 5.92 Å². The Balaban J connectivity index is 2.01. The van der Waals surface area contributed by atoms with Crippen LogP contribution >= 0.6 is 0 Å². The summed E-state index contributed by atoms with van der Waals surface area (Å²) in [7, 11) is 0. The molecule has 5 heteroatoms. The lowest BCUT2D eigenvalue weighted by molar-refractivity contribution is -0.0221. The van der Waals surface area contributed by atoms with Gasteiger partial charge in [0.1, 0.15) is 5.52 Å². The number of anilines is 1. The van der Waals surface area contributed by atoms with Crippen LogP contribution in [-0.2, 0) is 0 Å². The molecule has 0 radical (unpaired) electrons. The van der Waals surface area contributed by atoms with Gasteiger partial charge in [-0.25, -0.2) is 13.8 Å². The Bertz CT molecular complexity index is 608. The number of piperidine rings is 1. The van der Waals surface area contributed by atoms with E-state index in [2.05, 4.69) is 9.97 Å². The number of fused-ring (bicyclic) bond motifs is 1. The molecule has 0 bridgehead atoms. The van der Waals surface area contributed by atoms with Crippen molar-refractivity contribution in [3.63, 3.8) is 0 Å². The van der Waals surface area contributed by atoms with Crippen LogP contribution in [0.5, 0.6) is 0 Å². The van der Waals surface area contributed by atoms with Crippen molar-refractivity contribution in [2.24, 2.45) is 0 Å². The SMILES string of the molecule is [2H]c1cc2cccnc2c(N2CCC(F)(F)CC2)n1. The molecule has 94 valence electrons. The van der Waals surface area contributed by atoms with E-state index in [0.717, 1.165) is 5.39 Å². The fourth-order valence-corrected chi connectivity index (χ4v) is 2.20. The minimum atomic E-state index is -2.59. The molecule has 0 spiro atoms. The van der Waals surface area contributed by atoms with E-state index in [-0.39, 0.29) is 32.1 Å². The second kappa shape index (κ2) is 4.15. The van der Waals surface area contributed by atoms with E-state index in [9.17, 15) is 8.78 Å². The first kappa shape index (κ1) is 10.2. The predicted octanol–water partition coefficient (Wildman–Crippen LogP) is 2.87. The van der Waals surface area contributed by atoms with Crippen molar-refractivity contribution in [2.45, 2.75) is 18.8 Å². The minimum Gasteiger partial charge on any atom is -0.354 e. The van der Waals surface area contributed by atoms with E-state index in [1.54, 1.807) is 23.2 Å². The van der Waals surface area contributed by atoms with Crippen LogP contribution in [0, 0.1) is 0 Å². The predicted molar refractivity (Wildman–Crippen MR) is 65.9 cm³/mol. The molecule has 3 rings (SSSR count). The van der Waals surface area contributed by atoms with Gasteiger partial charge >= 0.3 is 0 Å². The van der Waals surface area contributed by atoms with Crippen molar-refractivity contribution in [2.75, 3.05) is 18.0 Å². The van der Waals surface area contributed by atoms with Gasteiger partial charge in [0, 0.05) is 43.7 Å². The standard InChI is InChI=1S/C13H13F2N3/c14-13(15)4-8-18(9-5-13)12-11-10(3-7-17-12)2-1-6-16-11/h1-3,6-7H,4-5,8-9H2/i7D. The summed E-state index contributed by atoms with van der Waals surface area (Å²) in [6.07, 6.45) is 1.43. The molecule has 3 nitrogen and oxygen atoms in total. The fraction of sp³-hybridized carbons (Fsp3) is 0.385. The summed E-state index contributed by atoms with van der Waals surface area (Å²) in [5, 5.41) is 0.815. The first-order chi connectivity index (χ1) is 9.05. The highest BCUT2D eigenvalue weighted by atomic mass is 19.3. The average Bonchev–Trinajstić information content (AvgIpc) is 2.38. The molecule has 18 heavy (non-hydrogen) atoms. The van der Waals surface area contributed by atoms with Gasteiger partial charge in [0.05, 0.1) is 1.37 Å². The minimum absolute atomic E-state index is 0.132. The largest absolute Gasteiger partial charge is 0.354 e. The van der Waals surface area contributed by atoms with E-state index in [4.69, 9.17) is 1.37 Å². The van der Waals surface area contributed by atoms with Gasteiger partial charge in [0.15, 0.2) is 5.82 Å². The third-order valence-electron chi connectivity index (χ3n) is 3.24.